The van der Waals surface area contributed by atoms with E-state index in [1.54, 1.807) is 5.56 Å². The third-order valence-corrected chi connectivity index (χ3v) is 4.59. The number of nitrogens with one attached hydrogen (secondary N) is 1. The van der Waals surface area contributed by atoms with E-state index < -0.39 is 0 Å². The van der Waals surface area contributed by atoms with Crippen LogP contribution in [-0.2, 0) is 19.6 Å². The molecule has 2 heterocycles. The van der Waals surface area contributed by atoms with Crippen molar-refractivity contribution in [1.82, 2.24) is 10.2 Å². The van der Waals surface area contributed by atoms with E-state index in [1.165, 1.54) is 16.7 Å². The largest absolute Gasteiger partial charge is 0.312 e. The van der Waals surface area contributed by atoms with Crippen molar-refractivity contribution in [2.75, 3.05) is 13.1 Å². The molecule has 0 amide bonds. The summed E-state index contributed by atoms with van der Waals surface area (Å²) in [5.74, 6) is 0.620. The van der Waals surface area contributed by atoms with Gasteiger partial charge in [-0.3, -0.25) is 4.90 Å². The van der Waals surface area contributed by atoms with Crippen LogP contribution in [0.3, 0.4) is 0 Å². The van der Waals surface area contributed by atoms with Crippen LogP contribution in [0.15, 0.2) is 48.5 Å². The van der Waals surface area contributed by atoms with Gasteiger partial charge >= 0.3 is 0 Å². The molecule has 1 atom stereocenters. The van der Waals surface area contributed by atoms with Crippen molar-refractivity contribution in [2.45, 2.75) is 25.6 Å². The third kappa shape index (κ3) is 2.15. The molecule has 0 fully saturated rings. The van der Waals surface area contributed by atoms with E-state index in [0.717, 1.165) is 32.7 Å². The Labute approximate surface area is 120 Å². The molecule has 0 saturated carbocycles. The maximum absolute atomic E-state index is 3.56. The summed E-state index contributed by atoms with van der Waals surface area (Å²) in [4.78, 5) is 2.58. The lowest BCUT2D eigenvalue weighted by Crippen LogP contribution is -2.34. The highest BCUT2D eigenvalue weighted by molar-refractivity contribution is 5.34. The van der Waals surface area contributed by atoms with E-state index in [9.17, 15) is 0 Å². The summed E-state index contributed by atoms with van der Waals surface area (Å²) >= 11 is 0. The fourth-order valence-electron chi connectivity index (χ4n) is 3.59. The molecular weight excluding hydrogens is 244 g/mol. The Morgan fingerprint density at radius 2 is 1.55 bits per heavy atom. The average Bonchev–Trinajstić information content (AvgIpc) is 2.90. The second kappa shape index (κ2) is 5.04. The molecule has 4 rings (SSSR count). The molecule has 20 heavy (non-hydrogen) atoms. The Balaban J connectivity index is 1.52. The second-order valence-electron chi connectivity index (χ2n) is 5.96. The molecule has 0 spiro atoms. The van der Waals surface area contributed by atoms with Gasteiger partial charge in [-0.05, 0) is 22.3 Å². The average molecular weight is 264 g/mol. The molecule has 2 aliphatic rings. The lowest BCUT2D eigenvalue weighted by Gasteiger charge is -2.29. The van der Waals surface area contributed by atoms with Crippen LogP contribution >= 0.6 is 0 Å². The molecule has 0 radical (unpaired) electrons. The van der Waals surface area contributed by atoms with Crippen molar-refractivity contribution in [3.05, 3.63) is 70.8 Å². The molecule has 102 valence electrons. The van der Waals surface area contributed by atoms with Gasteiger partial charge in [0.2, 0.25) is 0 Å². The molecule has 2 heteroatoms. The third-order valence-electron chi connectivity index (χ3n) is 4.59. The second-order valence-corrected chi connectivity index (χ2v) is 5.96. The Morgan fingerprint density at radius 1 is 0.900 bits per heavy atom. The predicted octanol–water partition coefficient (Wildman–Crippen LogP) is 2.89. The quantitative estimate of drug-likeness (QED) is 0.897. The molecule has 2 nitrogen and oxygen atoms in total. The Bertz CT molecular complexity index is 595. The van der Waals surface area contributed by atoms with Crippen LogP contribution in [-0.4, -0.2) is 18.0 Å². The fraction of sp³-hybridized carbons (Fsp3) is 0.333. The Morgan fingerprint density at radius 3 is 2.30 bits per heavy atom. The first kappa shape index (κ1) is 12.1. The lowest BCUT2D eigenvalue weighted by atomic mass is 9.90. The van der Waals surface area contributed by atoms with Gasteiger partial charge in [-0.25, -0.2) is 0 Å². The van der Waals surface area contributed by atoms with E-state index in [4.69, 9.17) is 0 Å². The molecule has 1 N–H and O–H groups in total. The van der Waals surface area contributed by atoms with Crippen molar-refractivity contribution in [1.29, 1.82) is 0 Å². The molecular formula is C18H20N2. The molecule has 0 bridgehead atoms. The highest BCUT2D eigenvalue weighted by Gasteiger charge is 2.25. The van der Waals surface area contributed by atoms with Crippen LogP contribution in [0.1, 0.15) is 28.2 Å². The van der Waals surface area contributed by atoms with Crippen LogP contribution in [0.4, 0.5) is 0 Å². The van der Waals surface area contributed by atoms with Gasteiger partial charge in [0.25, 0.3) is 0 Å². The standard InChI is InChI=1S/C18H20N2/c1-2-7-16-12-20(11-15(16)6-1)13-17-10-19-9-14-5-3-4-8-18(14)17/h1-8,17,19H,9-13H2. The molecule has 0 aromatic heterocycles. The van der Waals surface area contributed by atoms with Gasteiger partial charge in [0.15, 0.2) is 0 Å². The van der Waals surface area contributed by atoms with Gasteiger partial charge in [-0.2, -0.15) is 0 Å². The smallest absolute Gasteiger partial charge is 0.0240 e. The molecule has 2 aliphatic heterocycles. The van der Waals surface area contributed by atoms with Crippen molar-refractivity contribution in [3.8, 4) is 0 Å². The maximum atomic E-state index is 3.56. The first-order valence-electron chi connectivity index (χ1n) is 7.48. The summed E-state index contributed by atoms with van der Waals surface area (Å²) in [5.41, 5.74) is 6.02. The van der Waals surface area contributed by atoms with E-state index in [2.05, 4.69) is 58.7 Å². The van der Waals surface area contributed by atoms with Gasteiger partial charge in [0.1, 0.15) is 0 Å². The lowest BCUT2D eigenvalue weighted by molar-refractivity contribution is 0.257. The summed E-state index contributed by atoms with van der Waals surface area (Å²) < 4.78 is 0. The molecule has 2 aromatic rings. The highest BCUT2D eigenvalue weighted by atomic mass is 15.1. The number of rotatable bonds is 2. The molecule has 2 aromatic carbocycles. The van der Waals surface area contributed by atoms with E-state index in [1.807, 2.05) is 0 Å². The molecule has 0 aliphatic carbocycles. The van der Waals surface area contributed by atoms with Crippen molar-refractivity contribution in [3.63, 3.8) is 0 Å². The predicted molar refractivity (Wildman–Crippen MR) is 81.4 cm³/mol. The minimum absolute atomic E-state index is 0.620. The number of hydrogen-bond donors (Lipinski definition) is 1. The van der Waals surface area contributed by atoms with Gasteiger partial charge < -0.3 is 5.32 Å². The zero-order chi connectivity index (χ0) is 13.4. The van der Waals surface area contributed by atoms with Gasteiger partial charge in [-0.15, -0.1) is 0 Å². The summed E-state index contributed by atoms with van der Waals surface area (Å²) in [5, 5.41) is 3.56. The number of hydrogen-bond acceptors (Lipinski definition) is 2. The van der Waals surface area contributed by atoms with Crippen molar-refractivity contribution in [2.24, 2.45) is 0 Å². The van der Waals surface area contributed by atoms with E-state index in [0.29, 0.717) is 5.92 Å². The number of fused-ring (bicyclic) bond motifs is 2. The minimum Gasteiger partial charge on any atom is -0.312 e. The monoisotopic (exact) mass is 264 g/mol. The molecule has 0 saturated heterocycles. The number of nitrogens with zero attached hydrogens (tertiary/aromatic N) is 1. The molecule has 1 unspecified atom stereocenters. The first-order chi connectivity index (χ1) is 9.90. The Hall–Kier alpha value is -1.64. The van der Waals surface area contributed by atoms with Gasteiger partial charge in [0, 0.05) is 38.6 Å². The summed E-state index contributed by atoms with van der Waals surface area (Å²) in [6.07, 6.45) is 0. The summed E-state index contributed by atoms with van der Waals surface area (Å²) in [7, 11) is 0. The minimum atomic E-state index is 0.620. The fourth-order valence-corrected chi connectivity index (χ4v) is 3.59. The van der Waals surface area contributed by atoms with Crippen LogP contribution in [0.2, 0.25) is 0 Å². The zero-order valence-corrected chi connectivity index (χ0v) is 11.7. The zero-order valence-electron chi connectivity index (χ0n) is 11.7. The Kier molecular flexibility index (Phi) is 3.06. The summed E-state index contributed by atoms with van der Waals surface area (Å²) in [6, 6.07) is 17.7. The number of benzene rings is 2. The highest BCUT2D eigenvalue weighted by Crippen LogP contribution is 2.28. The van der Waals surface area contributed by atoms with Gasteiger partial charge in [-0.1, -0.05) is 48.5 Å². The topological polar surface area (TPSA) is 15.3 Å². The van der Waals surface area contributed by atoms with E-state index in [-0.39, 0.29) is 0 Å². The van der Waals surface area contributed by atoms with Crippen LogP contribution in [0.5, 0.6) is 0 Å². The van der Waals surface area contributed by atoms with Gasteiger partial charge in [0.05, 0.1) is 0 Å². The van der Waals surface area contributed by atoms with E-state index >= 15 is 0 Å². The van der Waals surface area contributed by atoms with Crippen LogP contribution in [0, 0.1) is 0 Å². The van der Waals surface area contributed by atoms with Crippen molar-refractivity contribution < 1.29 is 0 Å². The maximum Gasteiger partial charge on any atom is 0.0240 e. The van der Waals surface area contributed by atoms with Crippen LogP contribution in [0.25, 0.3) is 0 Å². The normalized spacial score (nSPS) is 21.5. The van der Waals surface area contributed by atoms with Crippen LogP contribution < -0.4 is 5.32 Å². The summed E-state index contributed by atoms with van der Waals surface area (Å²) in [6.45, 7) is 5.49. The SMILES string of the molecule is c1ccc2c(c1)CN(CC1CNCc3ccccc31)C2. The van der Waals surface area contributed by atoms with Crippen molar-refractivity contribution >= 4 is 0 Å². The first-order valence-corrected chi connectivity index (χ1v) is 7.48.